The molecule has 1 N–H and O–H groups in total. The van der Waals surface area contributed by atoms with Crippen molar-refractivity contribution in [2.45, 2.75) is 32.2 Å². The van der Waals surface area contributed by atoms with Gasteiger partial charge in [-0.1, -0.05) is 13.3 Å². The molecule has 1 saturated heterocycles. The fourth-order valence-electron chi connectivity index (χ4n) is 1.82. The van der Waals surface area contributed by atoms with Gasteiger partial charge in [-0.25, -0.2) is 8.42 Å². The highest BCUT2D eigenvalue weighted by Gasteiger charge is 2.26. The van der Waals surface area contributed by atoms with Crippen molar-refractivity contribution in [2.75, 3.05) is 37.9 Å². The largest absolute Gasteiger partial charge is 0.463 e. The van der Waals surface area contributed by atoms with E-state index < -0.39 is 9.84 Å². The van der Waals surface area contributed by atoms with E-state index in [1.54, 1.807) is 0 Å². The Kier molecular flexibility index (Phi) is 7.33. The summed E-state index contributed by atoms with van der Waals surface area (Å²) in [4.78, 5) is 11.5. The Bertz CT molecular complexity index is 368. The van der Waals surface area contributed by atoms with Gasteiger partial charge in [0.05, 0.1) is 24.5 Å². The van der Waals surface area contributed by atoms with Gasteiger partial charge in [-0.3, -0.25) is 4.79 Å². The number of hydrogen-bond acceptors (Lipinski definition) is 6. The molecule has 1 unspecified atom stereocenters. The highest BCUT2D eigenvalue weighted by atomic mass is 32.2. The maximum atomic E-state index is 11.5. The van der Waals surface area contributed by atoms with Gasteiger partial charge >= 0.3 is 5.97 Å². The zero-order valence-electron chi connectivity index (χ0n) is 11.4. The smallest absolute Gasteiger partial charge is 0.307 e. The summed E-state index contributed by atoms with van der Waals surface area (Å²) >= 11 is 0. The summed E-state index contributed by atoms with van der Waals surface area (Å²) in [6.07, 6.45) is 2.16. The monoisotopic (exact) mass is 293 g/mol. The Morgan fingerprint density at radius 2 is 2.11 bits per heavy atom. The first-order valence-corrected chi connectivity index (χ1v) is 8.53. The van der Waals surface area contributed by atoms with Crippen LogP contribution in [-0.2, 0) is 24.1 Å². The van der Waals surface area contributed by atoms with Crippen LogP contribution in [-0.4, -0.2) is 58.3 Å². The number of rotatable bonds is 8. The van der Waals surface area contributed by atoms with Gasteiger partial charge in [-0.2, -0.15) is 0 Å². The molecule has 112 valence electrons. The molecule has 0 bridgehead atoms. The number of ether oxygens (including phenoxy) is 2. The highest BCUT2D eigenvalue weighted by Crippen LogP contribution is 2.05. The second-order valence-electron chi connectivity index (χ2n) is 4.66. The second-order valence-corrected chi connectivity index (χ2v) is 6.88. The molecular formula is C12H23NO5S. The molecule has 0 aromatic carbocycles. The van der Waals surface area contributed by atoms with Crippen molar-refractivity contribution in [1.82, 2.24) is 5.32 Å². The van der Waals surface area contributed by atoms with Crippen LogP contribution < -0.4 is 5.32 Å². The number of carbonyl (C=O) groups excluding carboxylic acids is 1. The fraction of sp³-hybridized carbons (Fsp3) is 0.917. The normalized spacial score (nSPS) is 22.1. The van der Waals surface area contributed by atoms with E-state index in [1.165, 1.54) is 0 Å². The summed E-state index contributed by atoms with van der Waals surface area (Å²) in [5.74, 6) is -0.229. The summed E-state index contributed by atoms with van der Waals surface area (Å²) < 4.78 is 33.0. The fourth-order valence-corrected chi connectivity index (χ4v) is 3.27. The standard InChI is InChI=1S/C12H23NO5S/c1-2-3-5-17-6-7-18-12(14)9-11-10-19(15,16)8-4-13-11/h11,13H,2-10H2,1H3. The molecule has 1 aliphatic rings. The van der Waals surface area contributed by atoms with E-state index in [0.717, 1.165) is 12.8 Å². The number of unbranched alkanes of at least 4 members (excludes halogenated alkanes) is 1. The molecule has 19 heavy (non-hydrogen) atoms. The van der Waals surface area contributed by atoms with Crippen LogP contribution in [0.15, 0.2) is 0 Å². The zero-order chi connectivity index (χ0) is 14.1. The lowest BCUT2D eigenvalue weighted by atomic mass is 10.2. The molecule has 0 spiro atoms. The molecule has 0 radical (unpaired) electrons. The van der Waals surface area contributed by atoms with Crippen LogP contribution in [0.4, 0.5) is 0 Å². The van der Waals surface area contributed by atoms with Crippen LogP contribution in [0.2, 0.25) is 0 Å². The van der Waals surface area contributed by atoms with Gasteiger partial charge in [0.2, 0.25) is 0 Å². The molecule has 1 aliphatic heterocycles. The molecule has 6 nitrogen and oxygen atoms in total. The molecular weight excluding hydrogens is 270 g/mol. The maximum Gasteiger partial charge on any atom is 0.307 e. The van der Waals surface area contributed by atoms with E-state index in [4.69, 9.17) is 9.47 Å². The van der Waals surface area contributed by atoms with E-state index in [0.29, 0.717) is 19.8 Å². The van der Waals surface area contributed by atoms with Crippen LogP contribution in [0.5, 0.6) is 0 Å². The molecule has 0 aliphatic carbocycles. The Labute approximate surface area is 114 Å². The van der Waals surface area contributed by atoms with Gasteiger partial charge in [0.1, 0.15) is 6.61 Å². The number of nitrogens with one attached hydrogen (secondary N) is 1. The predicted molar refractivity (Wildman–Crippen MR) is 71.7 cm³/mol. The predicted octanol–water partition coefficient (Wildman–Crippen LogP) is 0.123. The molecule has 0 saturated carbocycles. The molecule has 7 heteroatoms. The third kappa shape index (κ3) is 7.49. The van der Waals surface area contributed by atoms with Gasteiger partial charge in [-0.15, -0.1) is 0 Å². The third-order valence-corrected chi connectivity index (χ3v) is 4.58. The maximum absolute atomic E-state index is 11.5. The lowest BCUT2D eigenvalue weighted by Crippen LogP contribution is -2.46. The minimum atomic E-state index is -3.01. The van der Waals surface area contributed by atoms with Crippen molar-refractivity contribution in [1.29, 1.82) is 0 Å². The summed E-state index contributed by atoms with van der Waals surface area (Å²) in [7, 11) is -3.01. The first-order valence-electron chi connectivity index (χ1n) is 6.70. The Hall–Kier alpha value is -0.660. The van der Waals surface area contributed by atoms with E-state index in [1.807, 2.05) is 0 Å². The molecule has 0 aromatic rings. The molecule has 1 fully saturated rings. The Morgan fingerprint density at radius 1 is 1.32 bits per heavy atom. The van der Waals surface area contributed by atoms with Crippen molar-refractivity contribution in [3.8, 4) is 0 Å². The summed E-state index contributed by atoms with van der Waals surface area (Å²) in [6, 6.07) is -0.327. The number of hydrogen-bond donors (Lipinski definition) is 1. The molecule has 0 aromatic heterocycles. The van der Waals surface area contributed by atoms with Crippen molar-refractivity contribution in [3.63, 3.8) is 0 Å². The summed E-state index contributed by atoms with van der Waals surface area (Å²) in [6.45, 7) is 3.77. The van der Waals surface area contributed by atoms with Crippen molar-refractivity contribution < 1.29 is 22.7 Å². The van der Waals surface area contributed by atoms with E-state index in [9.17, 15) is 13.2 Å². The van der Waals surface area contributed by atoms with Gasteiger partial charge in [0.15, 0.2) is 9.84 Å². The highest BCUT2D eigenvalue weighted by molar-refractivity contribution is 7.91. The van der Waals surface area contributed by atoms with Gasteiger partial charge in [0.25, 0.3) is 0 Å². The van der Waals surface area contributed by atoms with Gasteiger partial charge in [0, 0.05) is 19.2 Å². The molecule has 1 heterocycles. The van der Waals surface area contributed by atoms with Gasteiger partial charge < -0.3 is 14.8 Å². The lowest BCUT2D eigenvalue weighted by molar-refractivity contribution is -0.145. The molecule has 1 atom stereocenters. The average molecular weight is 293 g/mol. The van der Waals surface area contributed by atoms with E-state index >= 15 is 0 Å². The van der Waals surface area contributed by atoms with Gasteiger partial charge in [-0.05, 0) is 6.42 Å². The van der Waals surface area contributed by atoms with Crippen LogP contribution in [0.25, 0.3) is 0 Å². The van der Waals surface area contributed by atoms with E-state index in [2.05, 4.69) is 12.2 Å². The Morgan fingerprint density at radius 3 is 2.79 bits per heavy atom. The van der Waals surface area contributed by atoms with Crippen LogP contribution >= 0.6 is 0 Å². The SMILES string of the molecule is CCCCOCCOC(=O)CC1CS(=O)(=O)CCN1. The average Bonchev–Trinajstić information content (AvgIpc) is 2.32. The van der Waals surface area contributed by atoms with E-state index in [-0.39, 0.29) is 36.5 Å². The lowest BCUT2D eigenvalue weighted by Gasteiger charge is -2.22. The van der Waals surface area contributed by atoms with Crippen molar-refractivity contribution in [2.24, 2.45) is 0 Å². The minimum Gasteiger partial charge on any atom is -0.463 e. The first kappa shape index (κ1) is 16.4. The molecule has 1 rings (SSSR count). The number of esters is 1. The summed E-state index contributed by atoms with van der Waals surface area (Å²) in [5, 5.41) is 3.01. The first-order chi connectivity index (χ1) is 9.03. The minimum absolute atomic E-state index is 0.00903. The van der Waals surface area contributed by atoms with Crippen LogP contribution in [0.3, 0.4) is 0 Å². The van der Waals surface area contributed by atoms with Crippen LogP contribution in [0, 0.1) is 0 Å². The van der Waals surface area contributed by atoms with Crippen molar-refractivity contribution in [3.05, 3.63) is 0 Å². The quantitative estimate of drug-likeness (QED) is 0.506. The topological polar surface area (TPSA) is 81.7 Å². The summed E-state index contributed by atoms with van der Waals surface area (Å²) in [5.41, 5.74) is 0. The van der Waals surface area contributed by atoms with Crippen LogP contribution in [0.1, 0.15) is 26.2 Å². The zero-order valence-corrected chi connectivity index (χ0v) is 12.2. The molecule has 0 amide bonds. The third-order valence-electron chi connectivity index (χ3n) is 2.85. The second kappa shape index (κ2) is 8.50. The van der Waals surface area contributed by atoms with Crippen molar-refractivity contribution >= 4 is 15.8 Å². The number of sulfone groups is 1. The Balaban J connectivity index is 2.10. The number of carbonyl (C=O) groups is 1.